The van der Waals surface area contributed by atoms with Gasteiger partial charge in [0.15, 0.2) is 5.58 Å². The fourth-order valence-electron chi connectivity index (χ4n) is 3.27. The Hall–Kier alpha value is -3.60. The van der Waals surface area contributed by atoms with E-state index in [1.807, 2.05) is 24.3 Å². The van der Waals surface area contributed by atoms with E-state index in [0.29, 0.717) is 28.3 Å². The summed E-state index contributed by atoms with van der Waals surface area (Å²) in [5, 5.41) is 13.4. The average molecular weight is 451 g/mol. The first-order valence-corrected chi connectivity index (χ1v) is 9.68. The van der Waals surface area contributed by atoms with Crippen molar-refractivity contribution in [3.63, 3.8) is 0 Å². The summed E-state index contributed by atoms with van der Waals surface area (Å²) in [6.07, 6.45) is -2.72. The molecule has 1 aliphatic rings. The molecule has 3 aromatic rings. The van der Waals surface area contributed by atoms with Crippen molar-refractivity contribution in [1.29, 1.82) is 0 Å². The van der Waals surface area contributed by atoms with Crippen LogP contribution in [0.4, 0.5) is 18.9 Å². The molecule has 32 heavy (non-hydrogen) atoms. The number of fused-ring (bicyclic) bond motifs is 1. The Balaban J connectivity index is 0.000000360. The van der Waals surface area contributed by atoms with E-state index in [9.17, 15) is 22.8 Å². The van der Waals surface area contributed by atoms with E-state index >= 15 is 0 Å². The Kier molecular flexibility index (Phi) is 6.98. The van der Waals surface area contributed by atoms with Crippen LogP contribution in [0.2, 0.25) is 0 Å². The number of hydrogen-bond acceptors (Lipinski definition) is 5. The van der Waals surface area contributed by atoms with Crippen LogP contribution >= 0.6 is 0 Å². The van der Waals surface area contributed by atoms with E-state index in [1.165, 1.54) is 18.4 Å². The predicted octanol–water partition coefficient (Wildman–Crippen LogP) is 3.47. The summed E-state index contributed by atoms with van der Waals surface area (Å²) in [6, 6.07) is 12.8. The van der Waals surface area contributed by atoms with Gasteiger partial charge in [0.05, 0.1) is 5.52 Å². The SMILES string of the molecule is O=C(Nc1ccc2[nH]c(=O)oc2c1)c1ccc(C2CCCNC2)cc1.O=C(O)C(F)(F)F. The van der Waals surface area contributed by atoms with Crippen molar-refractivity contribution in [1.82, 2.24) is 10.3 Å². The summed E-state index contributed by atoms with van der Waals surface area (Å²) in [7, 11) is 0. The molecule has 8 nitrogen and oxygen atoms in total. The Morgan fingerprint density at radius 1 is 1.12 bits per heavy atom. The van der Waals surface area contributed by atoms with Crippen LogP contribution in [0.5, 0.6) is 0 Å². The highest BCUT2D eigenvalue weighted by molar-refractivity contribution is 6.04. The van der Waals surface area contributed by atoms with Crippen LogP contribution in [0.25, 0.3) is 11.1 Å². The third kappa shape index (κ3) is 5.97. The zero-order chi connectivity index (χ0) is 23.3. The third-order valence-corrected chi connectivity index (χ3v) is 4.86. The molecule has 2 aromatic carbocycles. The number of piperidine rings is 1. The highest BCUT2D eigenvalue weighted by Crippen LogP contribution is 2.24. The van der Waals surface area contributed by atoms with Crippen LogP contribution < -0.4 is 16.4 Å². The second kappa shape index (κ2) is 9.69. The number of benzene rings is 2. The van der Waals surface area contributed by atoms with Crippen LogP contribution in [0.15, 0.2) is 51.7 Å². The number of H-pyrrole nitrogens is 1. The van der Waals surface area contributed by atoms with Gasteiger partial charge in [0.1, 0.15) is 0 Å². The Labute approximate surface area is 179 Å². The number of carbonyl (C=O) groups is 2. The van der Waals surface area contributed by atoms with E-state index in [2.05, 4.69) is 15.6 Å². The second-order valence-corrected chi connectivity index (χ2v) is 7.15. The number of carboxylic acid groups (broad SMARTS) is 1. The number of carbonyl (C=O) groups excluding carboxylic acids is 1. The van der Waals surface area contributed by atoms with Crippen molar-refractivity contribution in [3.05, 3.63) is 64.1 Å². The van der Waals surface area contributed by atoms with Crippen LogP contribution in [0, 0.1) is 0 Å². The lowest BCUT2D eigenvalue weighted by molar-refractivity contribution is -0.192. The van der Waals surface area contributed by atoms with E-state index in [0.717, 1.165) is 13.1 Å². The number of oxazole rings is 1. The number of rotatable bonds is 3. The minimum atomic E-state index is -5.08. The van der Waals surface area contributed by atoms with Gasteiger partial charge < -0.3 is 20.2 Å². The Morgan fingerprint density at radius 2 is 1.81 bits per heavy atom. The molecule has 0 radical (unpaired) electrons. The number of hydrogen-bond donors (Lipinski definition) is 4. The Bertz CT molecular complexity index is 1150. The number of nitrogens with one attached hydrogen (secondary N) is 3. The molecule has 1 aromatic heterocycles. The predicted molar refractivity (Wildman–Crippen MR) is 110 cm³/mol. The molecule has 2 heterocycles. The first-order valence-electron chi connectivity index (χ1n) is 9.68. The number of aromatic amines is 1. The summed E-state index contributed by atoms with van der Waals surface area (Å²) < 4.78 is 36.7. The highest BCUT2D eigenvalue weighted by Gasteiger charge is 2.38. The molecule has 1 unspecified atom stereocenters. The molecule has 4 N–H and O–H groups in total. The summed E-state index contributed by atoms with van der Waals surface area (Å²) in [5.41, 5.74) is 3.47. The van der Waals surface area contributed by atoms with E-state index in [4.69, 9.17) is 14.3 Å². The maximum absolute atomic E-state index is 12.4. The van der Waals surface area contributed by atoms with Gasteiger partial charge in [0, 0.05) is 23.9 Å². The van der Waals surface area contributed by atoms with Crippen molar-refractivity contribution >= 4 is 28.7 Å². The molecule has 0 saturated carbocycles. The fourth-order valence-corrected chi connectivity index (χ4v) is 3.27. The largest absolute Gasteiger partial charge is 0.490 e. The van der Waals surface area contributed by atoms with Gasteiger partial charge in [-0.05, 0) is 55.1 Å². The molecule has 4 rings (SSSR count). The zero-order valence-corrected chi connectivity index (χ0v) is 16.7. The zero-order valence-electron chi connectivity index (χ0n) is 16.7. The number of alkyl halides is 3. The molecule has 0 aliphatic carbocycles. The van der Waals surface area contributed by atoms with Crippen LogP contribution in [-0.4, -0.2) is 41.2 Å². The van der Waals surface area contributed by atoms with Crippen LogP contribution in [0.3, 0.4) is 0 Å². The average Bonchev–Trinajstić information content (AvgIpc) is 3.13. The minimum absolute atomic E-state index is 0.189. The molecular weight excluding hydrogens is 431 g/mol. The summed E-state index contributed by atoms with van der Waals surface area (Å²) in [4.78, 5) is 35.1. The standard InChI is InChI=1S/C19H19N3O3.C2HF3O2/c23-18(21-15-7-8-16-17(10-15)25-19(24)22-16)13-5-3-12(4-6-13)14-2-1-9-20-11-14;3-2(4,5)1(6)7/h3-8,10,14,20H,1-2,9,11H2,(H,21,23)(H,22,24);(H,6,7). The van der Waals surface area contributed by atoms with Crippen molar-refractivity contribution in [3.8, 4) is 0 Å². The lowest BCUT2D eigenvalue weighted by atomic mass is 9.91. The molecule has 1 atom stereocenters. The van der Waals surface area contributed by atoms with Gasteiger partial charge in [0.2, 0.25) is 0 Å². The first kappa shape index (κ1) is 23.1. The highest BCUT2D eigenvalue weighted by atomic mass is 19.4. The number of aromatic nitrogens is 1. The summed E-state index contributed by atoms with van der Waals surface area (Å²) >= 11 is 0. The second-order valence-electron chi connectivity index (χ2n) is 7.15. The van der Waals surface area contributed by atoms with Gasteiger partial charge >= 0.3 is 17.9 Å². The van der Waals surface area contributed by atoms with Gasteiger partial charge in [-0.3, -0.25) is 9.78 Å². The van der Waals surface area contributed by atoms with Gasteiger partial charge in [0.25, 0.3) is 5.91 Å². The molecule has 1 amide bonds. The molecule has 1 saturated heterocycles. The lowest BCUT2D eigenvalue weighted by Gasteiger charge is -2.23. The number of amides is 1. The van der Waals surface area contributed by atoms with E-state index < -0.39 is 17.9 Å². The first-order chi connectivity index (χ1) is 15.1. The number of carboxylic acids is 1. The van der Waals surface area contributed by atoms with Crippen molar-refractivity contribution < 1.29 is 32.3 Å². The van der Waals surface area contributed by atoms with Crippen LogP contribution in [-0.2, 0) is 4.79 Å². The molecule has 11 heteroatoms. The molecular formula is C21H20F3N3O5. The molecule has 1 aliphatic heterocycles. The van der Waals surface area contributed by atoms with Gasteiger partial charge in [-0.25, -0.2) is 9.59 Å². The van der Waals surface area contributed by atoms with Gasteiger partial charge in [-0.1, -0.05) is 12.1 Å². The normalized spacial score (nSPS) is 16.2. The van der Waals surface area contributed by atoms with Crippen molar-refractivity contribution in [2.75, 3.05) is 18.4 Å². The Morgan fingerprint density at radius 3 is 2.41 bits per heavy atom. The number of aliphatic carboxylic acids is 1. The number of anilines is 1. The number of halogens is 3. The third-order valence-electron chi connectivity index (χ3n) is 4.86. The van der Waals surface area contributed by atoms with Gasteiger partial charge in [-0.2, -0.15) is 13.2 Å². The summed E-state index contributed by atoms with van der Waals surface area (Å²) in [5.74, 6) is -2.94. The topological polar surface area (TPSA) is 124 Å². The fraction of sp³-hybridized carbons (Fsp3) is 0.286. The minimum Gasteiger partial charge on any atom is -0.475 e. The van der Waals surface area contributed by atoms with Crippen molar-refractivity contribution in [2.45, 2.75) is 24.9 Å². The quantitative estimate of drug-likeness (QED) is 0.483. The molecule has 170 valence electrons. The maximum atomic E-state index is 12.4. The van der Waals surface area contributed by atoms with Crippen LogP contribution in [0.1, 0.15) is 34.7 Å². The smallest absolute Gasteiger partial charge is 0.475 e. The summed E-state index contributed by atoms with van der Waals surface area (Å²) in [6.45, 7) is 2.08. The van der Waals surface area contributed by atoms with Crippen molar-refractivity contribution in [2.24, 2.45) is 0 Å². The molecule has 0 bridgehead atoms. The van der Waals surface area contributed by atoms with E-state index in [1.54, 1.807) is 18.2 Å². The van der Waals surface area contributed by atoms with E-state index in [-0.39, 0.29) is 5.91 Å². The lowest BCUT2D eigenvalue weighted by Crippen LogP contribution is -2.28. The molecule has 1 fully saturated rings. The monoisotopic (exact) mass is 451 g/mol. The maximum Gasteiger partial charge on any atom is 0.490 e. The molecule has 0 spiro atoms. The van der Waals surface area contributed by atoms with Gasteiger partial charge in [-0.15, -0.1) is 0 Å².